The summed E-state index contributed by atoms with van der Waals surface area (Å²) in [6.07, 6.45) is 1.99. The summed E-state index contributed by atoms with van der Waals surface area (Å²) in [7, 11) is 1.95. The number of carboxylic acid groups (broad SMARTS) is 1. The largest absolute Gasteiger partial charge is 0.480 e. The molecule has 0 saturated carbocycles. The van der Waals surface area contributed by atoms with E-state index in [1.54, 1.807) is 12.1 Å². The molecule has 0 spiro atoms. The molecule has 5 heteroatoms. The highest BCUT2D eigenvalue weighted by atomic mass is 16.4. The van der Waals surface area contributed by atoms with E-state index >= 15 is 0 Å². The van der Waals surface area contributed by atoms with Gasteiger partial charge in [-0.25, -0.2) is 0 Å². The number of hydrogen-bond donors (Lipinski definition) is 1. The van der Waals surface area contributed by atoms with Crippen LogP contribution in [0.25, 0.3) is 10.9 Å². The first kappa shape index (κ1) is 14.5. The van der Waals surface area contributed by atoms with Gasteiger partial charge in [-0.3, -0.25) is 9.59 Å². The van der Waals surface area contributed by atoms with E-state index in [0.717, 1.165) is 22.0 Å². The Morgan fingerprint density at radius 2 is 1.79 bits per heavy atom. The van der Waals surface area contributed by atoms with E-state index in [2.05, 4.69) is 0 Å². The van der Waals surface area contributed by atoms with Crippen molar-refractivity contribution >= 4 is 22.8 Å². The van der Waals surface area contributed by atoms with Crippen molar-refractivity contribution in [2.75, 3.05) is 6.54 Å². The lowest BCUT2D eigenvalue weighted by atomic mass is 9.97. The van der Waals surface area contributed by atoms with Crippen molar-refractivity contribution in [3.8, 4) is 0 Å². The number of para-hydroxylation sites is 1. The fourth-order valence-electron chi connectivity index (χ4n) is 3.61. The monoisotopic (exact) mass is 320 g/mol. The molecule has 1 amide bonds. The highest BCUT2D eigenvalue weighted by Crippen LogP contribution is 2.41. The maximum absolute atomic E-state index is 12.7. The van der Waals surface area contributed by atoms with Crippen LogP contribution in [0.3, 0.4) is 0 Å². The summed E-state index contributed by atoms with van der Waals surface area (Å²) < 4.78 is 2.01. The van der Waals surface area contributed by atoms with E-state index < -0.39 is 5.97 Å². The summed E-state index contributed by atoms with van der Waals surface area (Å²) in [4.78, 5) is 25.5. The molecule has 4 rings (SSSR count). The number of aromatic nitrogens is 1. The fourth-order valence-corrected chi connectivity index (χ4v) is 3.61. The third-order valence-corrected chi connectivity index (χ3v) is 4.59. The Morgan fingerprint density at radius 1 is 1.08 bits per heavy atom. The standard InChI is InChI=1S/C19H16N2O3/c1-20-10-15(12-6-4-5-9-16(12)20)18-13-7-2-3-8-14(13)19(24)21(18)11-17(22)23/h2-10,18H,11H2,1H3,(H,22,23)/t18-/m1/s1. The number of hydrogen-bond acceptors (Lipinski definition) is 2. The van der Waals surface area contributed by atoms with E-state index in [1.165, 1.54) is 4.90 Å². The maximum atomic E-state index is 12.7. The van der Waals surface area contributed by atoms with Crippen LogP contribution >= 0.6 is 0 Å². The molecular weight excluding hydrogens is 304 g/mol. The molecule has 1 aliphatic heterocycles. The van der Waals surface area contributed by atoms with Crippen molar-refractivity contribution in [3.63, 3.8) is 0 Å². The summed E-state index contributed by atoms with van der Waals surface area (Å²) in [5.41, 5.74) is 3.45. The van der Waals surface area contributed by atoms with Crippen molar-refractivity contribution in [2.24, 2.45) is 7.05 Å². The number of carbonyl (C=O) groups is 2. The predicted octanol–water partition coefficient (Wildman–Crippen LogP) is 2.81. The van der Waals surface area contributed by atoms with Gasteiger partial charge in [-0.2, -0.15) is 0 Å². The molecule has 1 aromatic heterocycles. The topological polar surface area (TPSA) is 62.5 Å². The Balaban J connectivity index is 1.96. The molecule has 1 N–H and O–H groups in total. The van der Waals surface area contributed by atoms with E-state index in [-0.39, 0.29) is 18.5 Å². The van der Waals surface area contributed by atoms with Gasteiger partial charge in [-0.15, -0.1) is 0 Å². The minimum atomic E-state index is -1.01. The minimum absolute atomic E-state index is 0.231. The summed E-state index contributed by atoms with van der Waals surface area (Å²) in [6.45, 7) is -0.318. The molecular formula is C19H16N2O3. The smallest absolute Gasteiger partial charge is 0.323 e. The fraction of sp³-hybridized carbons (Fsp3) is 0.158. The molecule has 1 atom stereocenters. The third kappa shape index (κ3) is 2.01. The lowest BCUT2D eigenvalue weighted by molar-refractivity contribution is -0.138. The quantitative estimate of drug-likeness (QED) is 0.807. The lowest BCUT2D eigenvalue weighted by Gasteiger charge is -2.23. The predicted molar refractivity (Wildman–Crippen MR) is 89.9 cm³/mol. The summed E-state index contributed by atoms with van der Waals surface area (Å²) >= 11 is 0. The average Bonchev–Trinajstić information content (AvgIpc) is 3.04. The number of carboxylic acids is 1. The number of aliphatic carboxylic acids is 1. The van der Waals surface area contributed by atoms with Crippen LogP contribution in [0.5, 0.6) is 0 Å². The number of aryl methyl sites for hydroxylation is 1. The first-order chi connectivity index (χ1) is 11.6. The van der Waals surface area contributed by atoms with Crippen LogP contribution < -0.4 is 0 Å². The molecule has 0 bridgehead atoms. The third-order valence-electron chi connectivity index (χ3n) is 4.59. The molecule has 5 nitrogen and oxygen atoms in total. The Morgan fingerprint density at radius 3 is 2.58 bits per heavy atom. The van der Waals surface area contributed by atoms with E-state index in [1.807, 2.05) is 54.2 Å². The Hall–Kier alpha value is -3.08. The molecule has 2 heterocycles. The van der Waals surface area contributed by atoms with Gasteiger partial charge in [0.25, 0.3) is 5.91 Å². The van der Waals surface area contributed by atoms with Gasteiger partial charge in [-0.1, -0.05) is 36.4 Å². The molecule has 0 saturated heterocycles. The van der Waals surface area contributed by atoms with Gasteiger partial charge in [0, 0.05) is 35.3 Å². The minimum Gasteiger partial charge on any atom is -0.480 e. The number of rotatable bonds is 3. The Labute approximate surface area is 138 Å². The maximum Gasteiger partial charge on any atom is 0.323 e. The van der Waals surface area contributed by atoms with Crippen molar-refractivity contribution in [1.29, 1.82) is 0 Å². The summed E-state index contributed by atoms with van der Waals surface area (Å²) in [5, 5.41) is 10.3. The van der Waals surface area contributed by atoms with Crippen LogP contribution in [0.4, 0.5) is 0 Å². The van der Waals surface area contributed by atoms with Crippen molar-refractivity contribution in [3.05, 3.63) is 71.4 Å². The number of benzene rings is 2. The average molecular weight is 320 g/mol. The molecule has 24 heavy (non-hydrogen) atoms. The van der Waals surface area contributed by atoms with Crippen LogP contribution in [-0.2, 0) is 11.8 Å². The lowest BCUT2D eigenvalue weighted by Crippen LogP contribution is -2.33. The second kappa shape index (κ2) is 5.23. The SMILES string of the molecule is Cn1cc([C@H]2c3ccccc3C(=O)N2CC(=O)O)c2ccccc21. The van der Waals surface area contributed by atoms with Crippen molar-refractivity contribution in [1.82, 2.24) is 9.47 Å². The van der Waals surface area contributed by atoms with Crippen LogP contribution in [0.2, 0.25) is 0 Å². The number of carbonyl (C=O) groups excluding carboxylic acids is 1. The van der Waals surface area contributed by atoms with Crippen LogP contribution in [0.1, 0.15) is 27.5 Å². The van der Waals surface area contributed by atoms with E-state index in [9.17, 15) is 14.7 Å². The van der Waals surface area contributed by atoms with Gasteiger partial charge in [0.1, 0.15) is 6.54 Å². The normalized spacial score (nSPS) is 16.6. The zero-order valence-corrected chi connectivity index (χ0v) is 13.1. The second-order valence-electron chi connectivity index (χ2n) is 6.03. The van der Waals surface area contributed by atoms with E-state index in [0.29, 0.717) is 5.56 Å². The highest BCUT2D eigenvalue weighted by Gasteiger charge is 2.39. The zero-order valence-electron chi connectivity index (χ0n) is 13.1. The van der Waals surface area contributed by atoms with Crippen molar-refractivity contribution in [2.45, 2.75) is 6.04 Å². The highest BCUT2D eigenvalue weighted by molar-refractivity contribution is 6.02. The summed E-state index contributed by atoms with van der Waals surface area (Å²) in [5.74, 6) is -1.24. The molecule has 120 valence electrons. The molecule has 0 fully saturated rings. The van der Waals surface area contributed by atoms with Gasteiger partial charge < -0.3 is 14.6 Å². The summed E-state index contributed by atoms with van der Waals surface area (Å²) in [6, 6.07) is 14.9. The second-order valence-corrected chi connectivity index (χ2v) is 6.03. The molecule has 0 radical (unpaired) electrons. The Kier molecular flexibility index (Phi) is 3.16. The number of fused-ring (bicyclic) bond motifs is 2. The van der Waals surface area contributed by atoms with Crippen LogP contribution in [0, 0.1) is 0 Å². The molecule has 1 aliphatic rings. The molecule has 0 unspecified atom stereocenters. The van der Waals surface area contributed by atoms with Gasteiger partial charge in [0.05, 0.1) is 6.04 Å². The van der Waals surface area contributed by atoms with E-state index in [4.69, 9.17) is 0 Å². The van der Waals surface area contributed by atoms with Crippen LogP contribution in [-0.4, -0.2) is 33.0 Å². The molecule has 2 aromatic carbocycles. The number of amides is 1. The van der Waals surface area contributed by atoms with Gasteiger partial charge >= 0.3 is 5.97 Å². The van der Waals surface area contributed by atoms with Gasteiger partial charge in [0.2, 0.25) is 0 Å². The van der Waals surface area contributed by atoms with Crippen LogP contribution in [0.15, 0.2) is 54.7 Å². The zero-order chi connectivity index (χ0) is 16.8. The first-order valence-corrected chi connectivity index (χ1v) is 7.73. The molecule has 3 aromatic rings. The van der Waals surface area contributed by atoms with Crippen molar-refractivity contribution < 1.29 is 14.7 Å². The van der Waals surface area contributed by atoms with Gasteiger partial charge in [-0.05, 0) is 17.7 Å². The first-order valence-electron chi connectivity index (χ1n) is 7.73. The van der Waals surface area contributed by atoms with Gasteiger partial charge in [0.15, 0.2) is 0 Å². The molecule has 0 aliphatic carbocycles. The Bertz CT molecular complexity index is 974. The number of nitrogens with zero attached hydrogens (tertiary/aromatic N) is 2.